The Bertz CT molecular complexity index is 304. The monoisotopic (exact) mass is 197 g/mol. The van der Waals surface area contributed by atoms with E-state index in [1.165, 1.54) is 0 Å². The highest BCUT2D eigenvalue weighted by Gasteiger charge is 2.10. The standard InChI is InChI=1S/C10H15NOS/c1-10(2,3)7-12-8-4-5-9(13)11-6-8/h4-6H,7H2,1-3H3,(H,11,13). The number of H-pyrrole nitrogens is 1. The van der Waals surface area contributed by atoms with Crippen LogP contribution in [0.4, 0.5) is 0 Å². The van der Waals surface area contributed by atoms with Gasteiger partial charge in [-0.2, -0.15) is 0 Å². The Labute approximate surface area is 83.9 Å². The van der Waals surface area contributed by atoms with Gasteiger partial charge in [0, 0.05) is 6.20 Å². The fourth-order valence-electron chi connectivity index (χ4n) is 0.786. The summed E-state index contributed by atoms with van der Waals surface area (Å²) in [5.74, 6) is 0.837. The summed E-state index contributed by atoms with van der Waals surface area (Å²) in [5.41, 5.74) is 0.187. The van der Waals surface area contributed by atoms with Gasteiger partial charge in [0.15, 0.2) is 0 Å². The van der Waals surface area contributed by atoms with E-state index in [1.807, 2.05) is 12.1 Å². The molecule has 0 fully saturated rings. The van der Waals surface area contributed by atoms with E-state index < -0.39 is 0 Å². The number of rotatable bonds is 2. The number of aromatic nitrogens is 1. The maximum absolute atomic E-state index is 5.55. The van der Waals surface area contributed by atoms with Crippen LogP contribution in [0.15, 0.2) is 18.3 Å². The molecule has 13 heavy (non-hydrogen) atoms. The van der Waals surface area contributed by atoms with Crippen LogP contribution >= 0.6 is 12.2 Å². The first-order valence-electron chi connectivity index (χ1n) is 4.29. The molecule has 0 saturated heterocycles. The molecular formula is C10H15NOS. The van der Waals surface area contributed by atoms with Crippen molar-refractivity contribution in [3.63, 3.8) is 0 Å². The zero-order chi connectivity index (χ0) is 9.90. The van der Waals surface area contributed by atoms with Crippen molar-refractivity contribution in [2.75, 3.05) is 6.61 Å². The van der Waals surface area contributed by atoms with E-state index >= 15 is 0 Å². The summed E-state index contributed by atoms with van der Waals surface area (Å²) in [5, 5.41) is 0. The van der Waals surface area contributed by atoms with Gasteiger partial charge in [-0.15, -0.1) is 0 Å². The zero-order valence-electron chi connectivity index (χ0n) is 8.26. The second kappa shape index (κ2) is 3.92. The number of nitrogens with one attached hydrogen (secondary N) is 1. The third-order valence-electron chi connectivity index (χ3n) is 1.43. The summed E-state index contributed by atoms with van der Waals surface area (Å²) in [4.78, 5) is 2.93. The lowest BCUT2D eigenvalue weighted by Crippen LogP contribution is -2.16. The molecule has 0 amide bonds. The van der Waals surface area contributed by atoms with Gasteiger partial charge in [-0.1, -0.05) is 33.0 Å². The van der Waals surface area contributed by atoms with Crippen LogP contribution in [0, 0.1) is 10.1 Å². The van der Waals surface area contributed by atoms with Crippen LogP contribution in [0.2, 0.25) is 0 Å². The maximum Gasteiger partial charge on any atom is 0.135 e. The summed E-state index contributed by atoms with van der Waals surface area (Å²) < 4.78 is 6.27. The average Bonchev–Trinajstić information content (AvgIpc) is 2.02. The maximum atomic E-state index is 5.55. The number of pyridine rings is 1. The van der Waals surface area contributed by atoms with Gasteiger partial charge >= 0.3 is 0 Å². The van der Waals surface area contributed by atoms with E-state index in [-0.39, 0.29) is 5.41 Å². The van der Waals surface area contributed by atoms with Crippen LogP contribution in [0.5, 0.6) is 5.75 Å². The van der Waals surface area contributed by atoms with Crippen LogP contribution < -0.4 is 4.74 Å². The Morgan fingerprint density at radius 1 is 1.38 bits per heavy atom. The number of aromatic amines is 1. The fraction of sp³-hybridized carbons (Fsp3) is 0.500. The molecule has 1 aromatic heterocycles. The van der Waals surface area contributed by atoms with Gasteiger partial charge in [0.25, 0.3) is 0 Å². The molecule has 0 bridgehead atoms. The molecule has 1 heterocycles. The van der Waals surface area contributed by atoms with Crippen LogP contribution in [-0.2, 0) is 0 Å². The minimum absolute atomic E-state index is 0.187. The molecule has 1 N–H and O–H groups in total. The molecule has 0 atom stereocenters. The molecule has 2 nitrogen and oxygen atoms in total. The fourth-order valence-corrected chi connectivity index (χ4v) is 0.913. The van der Waals surface area contributed by atoms with E-state index in [0.29, 0.717) is 6.61 Å². The largest absolute Gasteiger partial charge is 0.492 e. The lowest BCUT2D eigenvalue weighted by atomic mass is 9.99. The van der Waals surface area contributed by atoms with Gasteiger partial charge in [-0.25, -0.2) is 0 Å². The van der Waals surface area contributed by atoms with Gasteiger partial charge < -0.3 is 9.72 Å². The smallest absolute Gasteiger partial charge is 0.135 e. The first-order valence-corrected chi connectivity index (χ1v) is 4.70. The predicted octanol–water partition coefficient (Wildman–Crippen LogP) is 3.17. The molecule has 0 aliphatic rings. The lowest BCUT2D eigenvalue weighted by Gasteiger charge is -2.18. The van der Waals surface area contributed by atoms with E-state index in [9.17, 15) is 0 Å². The molecule has 0 aromatic carbocycles. The van der Waals surface area contributed by atoms with Gasteiger partial charge in [0.1, 0.15) is 10.4 Å². The predicted molar refractivity (Wildman–Crippen MR) is 56.6 cm³/mol. The van der Waals surface area contributed by atoms with E-state index in [2.05, 4.69) is 25.8 Å². The van der Waals surface area contributed by atoms with Crippen molar-refractivity contribution < 1.29 is 4.74 Å². The SMILES string of the molecule is CC(C)(C)COc1ccc(=S)[nH]c1. The molecule has 1 aromatic rings. The zero-order valence-corrected chi connectivity index (χ0v) is 9.07. The number of hydrogen-bond acceptors (Lipinski definition) is 2. The van der Waals surface area contributed by atoms with Crippen LogP contribution in [0.1, 0.15) is 20.8 Å². The molecule has 0 spiro atoms. The van der Waals surface area contributed by atoms with Crippen molar-refractivity contribution >= 4 is 12.2 Å². The van der Waals surface area contributed by atoms with Crippen molar-refractivity contribution in [1.82, 2.24) is 4.98 Å². The molecule has 0 unspecified atom stereocenters. The van der Waals surface area contributed by atoms with E-state index in [0.717, 1.165) is 10.4 Å². The van der Waals surface area contributed by atoms with Crippen LogP contribution in [-0.4, -0.2) is 11.6 Å². The topological polar surface area (TPSA) is 25.0 Å². The first kappa shape index (κ1) is 10.3. The second-order valence-electron chi connectivity index (χ2n) is 4.24. The third-order valence-corrected chi connectivity index (χ3v) is 1.68. The van der Waals surface area contributed by atoms with Crippen LogP contribution in [0.3, 0.4) is 0 Å². The van der Waals surface area contributed by atoms with Crippen molar-refractivity contribution in [1.29, 1.82) is 0 Å². The molecule has 0 radical (unpaired) electrons. The molecule has 72 valence electrons. The Morgan fingerprint density at radius 3 is 2.54 bits per heavy atom. The van der Waals surface area contributed by atoms with Crippen molar-refractivity contribution in [2.24, 2.45) is 5.41 Å². The van der Waals surface area contributed by atoms with Crippen molar-refractivity contribution in [2.45, 2.75) is 20.8 Å². The second-order valence-corrected chi connectivity index (χ2v) is 4.68. The summed E-state index contributed by atoms with van der Waals surface area (Å²) in [6.45, 7) is 7.12. The van der Waals surface area contributed by atoms with Crippen molar-refractivity contribution in [3.05, 3.63) is 23.0 Å². The van der Waals surface area contributed by atoms with Gasteiger partial charge in [-0.3, -0.25) is 0 Å². The minimum atomic E-state index is 0.187. The third kappa shape index (κ3) is 4.08. The molecule has 3 heteroatoms. The molecular weight excluding hydrogens is 182 g/mol. The van der Waals surface area contributed by atoms with Gasteiger partial charge in [0.2, 0.25) is 0 Å². The highest BCUT2D eigenvalue weighted by atomic mass is 32.1. The van der Waals surface area contributed by atoms with E-state index in [4.69, 9.17) is 17.0 Å². The molecule has 0 aliphatic heterocycles. The molecule has 0 saturated carbocycles. The Balaban J connectivity index is 2.56. The number of hydrogen-bond donors (Lipinski definition) is 1. The highest BCUT2D eigenvalue weighted by Crippen LogP contribution is 2.16. The molecule has 0 aliphatic carbocycles. The lowest BCUT2D eigenvalue weighted by molar-refractivity contribution is 0.197. The Morgan fingerprint density at radius 2 is 2.08 bits per heavy atom. The Hall–Kier alpha value is -0.830. The van der Waals surface area contributed by atoms with Gasteiger partial charge in [-0.05, 0) is 17.5 Å². The molecule has 1 rings (SSSR count). The van der Waals surface area contributed by atoms with Crippen molar-refractivity contribution in [3.8, 4) is 5.75 Å². The minimum Gasteiger partial charge on any atom is -0.492 e. The quantitative estimate of drug-likeness (QED) is 0.737. The summed E-state index contributed by atoms with van der Waals surface area (Å²) in [6, 6.07) is 3.71. The summed E-state index contributed by atoms with van der Waals surface area (Å²) >= 11 is 4.92. The number of ether oxygens (including phenoxy) is 1. The van der Waals surface area contributed by atoms with Gasteiger partial charge in [0.05, 0.1) is 6.61 Å². The first-order chi connectivity index (χ1) is 5.97. The van der Waals surface area contributed by atoms with Crippen LogP contribution in [0.25, 0.3) is 0 Å². The summed E-state index contributed by atoms with van der Waals surface area (Å²) in [7, 11) is 0. The highest BCUT2D eigenvalue weighted by molar-refractivity contribution is 7.71. The van der Waals surface area contributed by atoms with E-state index in [1.54, 1.807) is 6.20 Å². The average molecular weight is 197 g/mol. The Kier molecular flexibility index (Phi) is 3.09. The normalized spacial score (nSPS) is 11.3. The summed E-state index contributed by atoms with van der Waals surface area (Å²) in [6.07, 6.45) is 1.79.